The van der Waals surface area contributed by atoms with Crippen LogP contribution in [0.5, 0.6) is 0 Å². The second-order valence-corrected chi connectivity index (χ2v) is 5.36. The number of rotatable bonds is 3. The van der Waals surface area contributed by atoms with Gasteiger partial charge in [-0.25, -0.2) is 4.39 Å². The van der Waals surface area contributed by atoms with E-state index in [0.717, 1.165) is 0 Å². The molecule has 19 heavy (non-hydrogen) atoms. The molecule has 0 atom stereocenters. The maximum atomic E-state index is 13.5. The van der Waals surface area contributed by atoms with E-state index in [4.69, 9.17) is 17.3 Å². The highest BCUT2D eigenvalue weighted by Crippen LogP contribution is 2.22. The minimum Gasteiger partial charge on any atom is -0.398 e. The molecule has 0 heterocycles. The van der Waals surface area contributed by atoms with Crippen LogP contribution in [0.3, 0.4) is 0 Å². The Morgan fingerprint density at radius 2 is 2.00 bits per heavy atom. The predicted molar refractivity (Wildman–Crippen MR) is 78.0 cm³/mol. The first-order chi connectivity index (χ1) is 8.97. The van der Waals surface area contributed by atoms with Gasteiger partial charge >= 0.3 is 0 Å². The van der Waals surface area contributed by atoms with E-state index in [-0.39, 0.29) is 17.8 Å². The molecule has 0 unspecified atom stereocenters. The summed E-state index contributed by atoms with van der Waals surface area (Å²) in [7, 11) is 0. The Bertz CT molecular complexity index is 645. The summed E-state index contributed by atoms with van der Waals surface area (Å²) >= 11 is 9.04. The number of ketones is 1. The van der Waals surface area contributed by atoms with E-state index in [2.05, 4.69) is 15.9 Å². The van der Waals surface area contributed by atoms with Crippen LogP contribution < -0.4 is 5.73 Å². The van der Waals surface area contributed by atoms with Gasteiger partial charge in [-0.2, -0.15) is 0 Å². The second-order valence-electron chi connectivity index (χ2n) is 4.07. The summed E-state index contributed by atoms with van der Waals surface area (Å²) in [5.74, 6) is -0.630. The zero-order chi connectivity index (χ0) is 14.0. The highest BCUT2D eigenvalue weighted by molar-refractivity contribution is 9.10. The number of hydrogen-bond acceptors (Lipinski definition) is 2. The van der Waals surface area contributed by atoms with Crippen molar-refractivity contribution in [2.24, 2.45) is 0 Å². The van der Waals surface area contributed by atoms with Crippen LogP contribution in [0, 0.1) is 5.82 Å². The van der Waals surface area contributed by atoms with E-state index in [1.54, 1.807) is 18.2 Å². The van der Waals surface area contributed by atoms with E-state index >= 15 is 0 Å². The molecule has 5 heteroatoms. The highest BCUT2D eigenvalue weighted by atomic mass is 79.9. The average Bonchev–Trinajstić information content (AvgIpc) is 2.37. The van der Waals surface area contributed by atoms with Crippen molar-refractivity contribution in [3.05, 3.63) is 62.8 Å². The third kappa shape index (κ3) is 3.33. The topological polar surface area (TPSA) is 43.1 Å². The monoisotopic (exact) mass is 341 g/mol. The van der Waals surface area contributed by atoms with E-state index in [1.807, 2.05) is 0 Å². The van der Waals surface area contributed by atoms with Crippen molar-refractivity contribution >= 4 is 39.0 Å². The summed E-state index contributed by atoms with van der Waals surface area (Å²) in [5, 5.41) is 0.405. The fourth-order valence-electron chi connectivity index (χ4n) is 1.65. The van der Waals surface area contributed by atoms with E-state index < -0.39 is 5.82 Å². The van der Waals surface area contributed by atoms with Crippen molar-refractivity contribution in [3.63, 3.8) is 0 Å². The Balaban J connectivity index is 2.25. The van der Waals surface area contributed by atoms with Gasteiger partial charge in [0.2, 0.25) is 0 Å². The van der Waals surface area contributed by atoms with Crippen molar-refractivity contribution in [2.45, 2.75) is 6.42 Å². The second kappa shape index (κ2) is 5.72. The molecule has 0 aliphatic heterocycles. The first kappa shape index (κ1) is 14.0. The van der Waals surface area contributed by atoms with Gasteiger partial charge in [0, 0.05) is 27.2 Å². The van der Waals surface area contributed by atoms with Crippen molar-refractivity contribution in [1.82, 2.24) is 0 Å². The smallest absolute Gasteiger partial charge is 0.167 e. The zero-order valence-electron chi connectivity index (χ0n) is 9.79. The summed E-state index contributed by atoms with van der Waals surface area (Å²) in [6.45, 7) is 0. The number of hydrogen-bond donors (Lipinski definition) is 1. The molecule has 0 saturated heterocycles. The standard InChI is InChI=1S/C14H10BrClFNO/c15-11-6-8(1-4-13(11)18)14(19)7-9-5-10(16)2-3-12(9)17/h1-6H,7,18H2. The lowest BCUT2D eigenvalue weighted by Crippen LogP contribution is -2.05. The Hall–Kier alpha value is -1.39. The lowest BCUT2D eigenvalue weighted by Gasteiger charge is -2.05. The van der Waals surface area contributed by atoms with Gasteiger partial charge in [-0.3, -0.25) is 4.79 Å². The molecule has 2 nitrogen and oxygen atoms in total. The largest absolute Gasteiger partial charge is 0.398 e. The Morgan fingerprint density at radius 3 is 2.68 bits per heavy atom. The molecule has 0 bridgehead atoms. The Kier molecular flexibility index (Phi) is 4.22. The lowest BCUT2D eigenvalue weighted by molar-refractivity contribution is 0.0992. The van der Waals surface area contributed by atoms with Crippen molar-refractivity contribution in [3.8, 4) is 0 Å². The maximum Gasteiger partial charge on any atom is 0.167 e. The number of carbonyl (C=O) groups is 1. The van der Waals surface area contributed by atoms with Crippen molar-refractivity contribution < 1.29 is 9.18 Å². The quantitative estimate of drug-likeness (QED) is 0.669. The van der Waals surface area contributed by atoms with Gasteiger partial charge in [0.15, 0.2) is 5.78 Å². The Morgan fingerprint density at radius 1 is 1.26 bits per heavy atom. The first-order valence-electron chi connectivity index (χ1n) is 5.49. The summed E-state index contributed by atoms with van der Waals surface area (Å²) in [6.07, 6.45) is -0.0389. The number of benzene rings is 2. The lowest BCUT2D eigenvalue weighted by atomic mass is 10.0. The van der Waals surface area contributed by atoms with E-state index in [9.17, 15) is 9.18 Å². The van der Waals surface area contributed by atoms with Crippen molar-refractivity contribution in [1.29, 1.82) is 0 Å². The molecule has 2 N–H and O–H groups in total. The van der Waals surface area contributed by atoms with Gasteiger partial charge < -0.3 is 5.73 Å². The normalized spacial score (nSPS) is 10.5. The van der Waals surface area contributed by atoms with Gasteiger partial charge in [-0.05, 0) is 57.9 Å². The molecule has 2 rings (SSSR count). The fourth-order valence-corrected chi connectivity index (χ4v) is 2.23. The summed E-state index contributed by atoms with van der Waals surface area (Å²) < 4.78 is 14.2. The maximum absolute atomic E-state index is 13.5. The number of nitrogen functional groups attached to an aromatic ring is 1. The van der Waals surface area contributed by atoms with Gasteiger partial charge in [-0.1, -0.05) is 11.6 Å². The molecule has 2 aromatic rings. The summed E-state index contributed by atoms with van der Waals surface area (Å²) in [4.78, 5) is 12.1. The molecule has 0 aliphatic rings. The molecule has 0 aromatic heterocycles. The van der Waals surface area contributed by atoms with Crippen LogP contribution in [0.1, 0.15) is 15.9 Å². The van der Waals surface area contributed by atoms with Crippen LogP contribution in [0.4, 0.5) is 10.1 Å². The number of Topliss-reactive ketones (excluding diaryl/α,β-unsaturated/α-hetero) is 1. The van der Waals surface area contributed by atoms with E-state index in [0.29, 0.717) is 20.7 Å². The minimum absolute atomic E-state index is 0.0389. The van der Waals surface area contributed by atoms with E-state index in [1.165, 1.54) is 18.2 Å². The molecule has 98 valence electrons. The van der Waals surface area contributed by atoms with Crippen molar-refractivity contribution in [2.75, 3.05) is 5.73 Å². The summed E-state index contributed by atoms with van der Waals surface area (Å²) in [5.41, 5.74) is 6.95. The van der Waals surface area contributed by atoms with Crippen LogP contribution in [0.15, 0.2) is 40.9 Å². The molecule has 0 aliphatic carbocycles. The highest BCUT2D eigenvalue weighted by Gasteiger charge is 2.12. The first-order valence-corrected chi connectivity index (χ1v) is 6.66. The number of carbonyl (C=O) groups excluding carboxylic acids is 1. The molecule has 2 aromatic carbocycles. The number of anilines is 1. The molecular weight excluding hydrogens is 333 g/mol. The molecule has 0 spiro atoms. The van der Waals surface area contributed by atoms with Gasteiger partial charge in [0.1, 0.15) is 5.82 Å². The summed E-state index contributed by atoms with van der Waals surface area (Å²) in [6, 6.07) is 9.03. The third-order valence-electron chi connectivity index (χ3n) is 2.68. The molecule has 0 fully saturated rings. The van der Waals surface area contributed by atoms with Crippen LogP contribution in [0.25, 0.3) is 0 Å². The molecular formula is C14H10BrClFNO. The molecule has 0 radical (unpaired) electrons. The molecule has 0 amide bonds. The van der Waals surface area contributed by atoms with Gasteiger partial charge in [0.05, 0.1) is 0 Å². The average molecular weight is 343 g/mol. The Labute approximate surface area is 123 Å². The van der Waals surface area contributed by atoms with Gasteiger partial charge in [-0.15, -0.1) is 0 Å². The third-order valence-corrected chi connectivity index (χ3v) is 3.60. The zero-order valence-corrected chi connectivity index (χ0v) is 12.1. The van der Waals surface area contributed by atoms with Gasteiger partial charge in [0.25, 0.3) is 0 Å². The SMILES string of the molecule is Nc1ccc(C(=O)Cc2cc(Cl)ccc2F)cc1Br. The van der Waals surface area contributed by atoms with Crippen LogP contribution in [-0.2, 0) is 6.42 Å². The minimum atomic E-state index is -0.438. The van der Waals surface area contributed by atoms with Crippen LogP contribution in [-0.4, -0.2) is 5.78 Å². The van der Waals surface area contributed by atoms with Crippen LogP contribution in [0.2, 0.25) is 5.02 Å². The van der Waals surface area contributed by atoms with Crippen LogP contribution >= 0.6 is 27.5 Å². The number of halogens is 3. The molecule has 0 saturated carbocycles. The predicted octanol–water partition coefficient (Wildman–Crippen LogP) is 4.25. The number of nitrogens with two attached hydrogens (primary N) is 1. The fraction of sp³-hybridized carbons (Fsp3) is 0.0714.